The number of carbonyl (C=O) groups is 1. The molecule has 1 aromatic carbocycles. The zero-order valence-electron chi connectivity index (χ0n) is 12.4. The molecule has 0 saturated heterocycles. The Labute approximate surface area is 119 Å². The molecule has 0 spiro atoms. The molecular weight excluding hydrogens is 262 g/mol. The van der Waals surface area contributed by atoms with Crippen molar-refractivity contribution in [2.75, 3.05) is 20.6 Å². The van der Waals surface area contributed by atoms with E-state index in [-0.39, 0.29) is 11.6 Å². The predicted molar refractivity (Wildman–Crippen MR) is 75.6 cm³/mol. The Morgan fingerprint density at radius 2 is 1.95 bits per heavy atom. The molecule has 0 saturated carbocycles. The molecule has 0 radical (unpaired) electrons. The molecule has 0 aliphatic rings. The molecule has 1 rings (SSSR count). The number of carbonyl (C=O) groups excluding carboxylic acids is 1. The van der Waals surface area contributed by atoms with Crippen LogP contribution in [-0.4, -0.2) is 37.5 Å². The summed E-state index contributed by atoms with van der Waals surface area (Å²) in [5.74, 6) is -2.28. The van der Waals surface area contributed by atoms with Crippen molar-refractivity contribution in [3.8, 4) is 0 Å². The van der Waals surface area contributed by atoms with Gasteiger partial charge in [0.1, 0.15) is 0 Å². The molecule has 1 aromatic rings. The van der Waals surface area contributed by atoms with Gasteiger partial charge in [0.25, 0.3) is 5.91 Å². The molecular formula is C15H22F2N2O. The number of hydrogen-bond donors (Lipinski definition) is 1. The minimum atomic E-state index is -1.10. The van der Waals surface area contributed by atoms with E-state index in [1.54, 1.807) is 0 Å². The van der Waals surface area contributed by atoms with Crippen molar-refractivity contribution in [2.24, 2.45) is 5.92 Å². The van der Waals surface area contributed by atoms with Crippen LogP contribution in [0.25, 0.3) is 0 Å². The predicted octanol–water partition coefficient (Wildman–Crippen LogP) is 2.67. The molecule has 0 aromatic heterocycles. The van der Waals surface area contributed by atoms with Gasteiger partial charge in [-0.2, -0.15) is 0 Å². The largest absolute Gasteiger partial charge is 0.348 e. The minimum absolute atomic E-state index is 0.0971. The van der Waals surface area contributed by atoms with Crippen molar-refractivity contribution in [1.82, 2.24) is 10.2 Å². The fourth-order valence-electron chi connectivity index (χ4n) is 2.13. The van der Waals surface area contributed by atoms with Crippen LogP contribution in [-0.2, 0) is 0 Å². The Morgan fingerprint density at radius 1 is 1.30 bits per heavy atom. The topological polar surface area (TPSA) is 32.3 Å². The molecule has 112 valence electrons. The quantitative estimate of drug-likeness (QED) is 0.871. The van der Waals surface area contributed by atoms with E-state index >= 15 is 0 Å². The van der Waals surface area contributed by atoms with Gasteiger partial charge in [-0.1, -0.05) is 19.9 Å². The third kappa shape index (κ3) is 4.89. The van der Waals surface area contributed by atoms with Gasteiger partial charge in [-0.05, 0) is 38.6 Å². The van der Waals surface area contributed by atoms with E-state index in [2.05, 4.69) is 19.2 Å². The Kier molecular flexibility index (Phi) is 6.07. The molecule has 5 heteroatoms. The lowest BCUT2D eigenvalue weighted by Crippen LogP contribution is -2.42. The number of rotatable bonds is 6. The third-order valence-electron chi connectivity index (χ3n) is 2.87. The summed E-state index contributed by atoms with van der Waals surface area (Å²) in [6.07, 6.45) is 0.779. The second-order valence-corrected chi connectivity index (χ2v) is 5.66. The maximum absolute atomic E-state index is 13.6. The third-order valence-corrected chi connectivity index (χ3v) is 2.87. The van der Waals surface area contributed by atoms with E-state index in [1.165, 1.54) is 12.1 Å². The standard InChI is InChI=1S/C15H22F2N2O/c1-10(2)8-11(9-19(3)4)18-15(20)12-6-5-7-13(16)14(12)17/h5-7,10-11H,8-9H2,1-4H3,(H,18,20). The summed E-state index contributed by atoms with van der Waals surface area (Å²) in [5.41, 5.74) is -0.252. The van der Waals surface area contributed by atoms with E-state index in [4.69, 9.17) is 0 Å². The number of nitrogens with one attached hydrogen (secondary N) is 1. The first-order valence-corrected chi connectivity index (χ1v) is 6.70. The highest BCUT2D eigenvalue weighted by Gasteiger charge is 2.19. The molecule has 0 fully saturated rings. The maximum atomic E-state index is 13.6. The van der Waals surface area contributed by atoms with Crippen molar-refractivity contribution in [3.05, 3.63) is 35.4 Å². The van der Waals surface area contributed by atoms with Crippen molar-refractivity contribution in [3.63, 3.8) is 0 Å². The molecule has 20 heavy (non-hydrogen) atoms. The van der Waals surface area contributed by atoms with Crippen LogP contribution < -0.4 is 5.32 Å². The van der Waals surface area contributed by atoms with Gasteiger partial charge in [-0.3, -0.25) is 4.79 Å². The summed E-state index contributed by atoms with van der Waals surface area (Å²) in [7, 11) is 3.81. The molecule has 1 N–H and O–H groups in total. The highest BCUT2D eigenvalue weighted by atomic mass is 19.2. The van der Waals surface area contributed by atoms with E-state index < -0.39 is 17.5 Å². The van der Waals surface area contributed by atoms with Crippen LogP contribution in [0.5, 0.6) is 0 Å². The lowest BCUT2D eigenvalue weighted by Gasteiger charge is -2.24. The first-order chi connectivity index (χ1) is 9.31. The summed E-state index contributed by atoms with van der Waals surface area (Å²) < 4.78 is 26.7. The van der Waals surface area contributed by atoms with E-state index in [1.807, 2.05) is 19.0 Å². The summed E-state index contributed by atoms with van der Waals surface area (Å²) in [4.78, 5) is 14.0. The minimum Gasteiger partial charge on any atom is -0.348 e. The Morgan fingerprint density at radius 3 is 2.50 bits per heavy atom. The Bertz CT molecular complexity index is 451. The van der Waals surface area contributed by atoms with E-state index in [9.17, 15) is 13.6 Å². The number of halogens is 2. The number of hydrogen-bond acceptors (Lipinski definition) is 2. The zero-order valence-corrected chi connectivity index (χ0v) is 12.4. The molecule has 1 atom stereocenters. The molecule has 0 heterocycles. The fraction of sp³-hybridized carbons (Fsp3) is 0.533. The van der Waals surface area contributed by atoms with Crippen LogP contribution in [0.15, 0.2) is 18.2 Å². The van der Waals surface area contributed by atoms with Gasteiger partial charge in [0.2, 0.25) is 0 Å². The van der Waals surface area contributed by atoms with Gasteiger partial charge >= 0.3 is 0 Å². The zero-order chi connectivity index (χ0) is 15.3. The number of likely N-dealkylation sites (N-methyl/N-ethyl adjacent to an activating group) is 1. The van der Waals surface area contributed by atoms with Crippen LogP contribution in [0.4, 0.5) is 8.78 Å². The van der Waals surface area contributed by atoms with E-state index in [0.717, 1.165) is 12.5 Å². The number of nitrogens with zero attached hydrogens (tertiary/aromatic N) is 1. The highest BCUT2D eigenvalue weighted by molar-refractivity contribution is 5.94. The average Bonchev–Trinajstić information content (AvgIpc) is 2.30. The van der Waals surface area contributed by atoms with Crippen LogP contribution in [0.2, 0.25) is 0 Å². The van der Waals surface area contributed by atoms with Crippen molar-refractivity contribution in [2.45, 2.75) is 26.3 Å². The second kappa shape index (κ2) is 7.33. The van der Waals surface area contributed by atoms with Crippen LogP contribution in [0.1, 0.15) is 30.6 Å². The lowest BCUT2D eigenvalue weighted by molar-refractivity contribution is 0.0919. The van der Waals surface area contributed by atoms with Crippen molar-refractivity contribution < 1.29 is 13.6 Å². The molecule has 3 nitrogen and oxygen atoms in total. The van der Waals surface area contributed by atoms with Crippen LogP contribution in [0.3, 0.4) is 0 Å². The first kappa shape index (κ1) is 16.6. The highest BCUT2D eigenvalue weighted by Crippen LogP contribution is 2.12. The summed E-state index contributed by atoms with van der Waals surface area (Å²) in [6.45, 7) is 4.76. The SMILES string of the molecule is CC(C)CC(CN(C)C)NC(=O)c1cccc(F)c1F. The molecule has 1 amide bonds. The number of benzene rings is 1. The maximum Gasteiger partial charge on any atom is 0.254 e. The second-order valence-electron chi connectivity index (χ2n) is 5.66. The molecule has 0 aliphatic carbocycles. The molecule has 1 unspecified atom stereocenters. The summed E-state index contributed by atoms with van der Waals surface area (Å²) in [5, 5.41) is 2.78. The normalized spacial score (nSPS) is 12.8. The van der Waals surface area contributed by atoms with Gasteiger partial charge in [0.05, 0.1) is 5.56 Å². The number of amides is 1. The average molecular weight is 284 g/mol. The van der Waals surface area contributed by atoms with Gasteiger partial charge < -0.3 is 10.2 Å². The Balaban J connectivity index is 2.81. The van der Waals surface area contributed by atoms with Gasteiger partial charge in [-0.15, -0.1) is 0 Å². The van der Waals surface area contributed by atoms with Crippen molar-refractivity contribution >= 4 is 5.91 Å². The lowest BCUT2D eigenvalue weighted by atomic mass is 10.0. The summed E-state index contributed by atoms with van der Waals surface area (Å²) in [6, 6.07) is 3.52. The van der Waals surface area contributed by atoms with Gasteiger partial charge in [0, 0.05) is 12.6 Å². The van der Waals surface area contributed by atoms with E-state index in [0.29, 0.717) is 12.5 Å². The molecule has 0 bridgehead atoms. The van der Waals surface area contributed by atoms with Gasteiger partial charge in [0.15, 0.2) is 11.6 Å². The summed E-state index contributed by atoms with van der Waals surface area (Å²) >= 11 is 0. The van der Waals surface area contributed by atoms with Crippen molar-refractivity contribution in [1.29, 1.82) is 0 Å². The molecule has 0 aliphatic heterocycles. The van der Waals surface area contributed by atoms with Gasteiger partial charge in [-0.25, -0.2) is 8.78 Å². The monoisotopic (exact) mass is 284 g/mol. The van der Waals surface area contributed by atoms with Crippen LogP contribution in [0, 0.1) is 17.6 Å². The first-order valence-electron chi connectivity index (χ1n) is 6.70. The smallest absolute Gasteiger partial charge is 0.254 e. The fourth-order valence-corrected chi connectivity index (χ4v) is 2.13. The Hall–Kier alpha value is -1.49. The van der Waals surface area contributed by atoms with Crippen LogP contribution >= 0.6 is 0 Å².